The molecule has 0 aromatic heterocycles. The summed E-state index contributed by atoms with van der Waals surface area (Å²) in [5.74, 6) is -0.0298. The van der Waals surface area contributed by atoms with E-state index in [4.69, 9.17) is 9.47 Å². The summed E-state index contributed by atoms with van der Waals surface area (Å²) >= 11 is 0. The van der Waals surface area contributed by atoms with Crippen molar-refractivity contribution in [1.29, 1.82) is 0 Å². The van der Waals surface area contributed by atoms with Crippen LogP contribution in [0.25, 0.3) is 10.8 Å². The Bertz CT molecular complexity index is 1020. The van der Waals surface area contributed by atoms with Crippen LogP contribution in [0.5, 0.6) is 11.5 Å². The predicted molar refractivity (Wildman–Crippen MR) is 89.0 cm³/mol. The highest BCUT2D eigenvalue weighted by Gasteiger charge is 2.49. The van der Waals surface area contributed by atoms with Crippen LogP contribution >= 0.6 is 0 Å². The highest BCUT2D eigenvalue weighted by Crippen LogP contribution is 2.34. The summed E-state index contributed by atoms with van der Waals surface area (Å²) < 4.78 is 97.9. The molecule has 27 heavy (non-hydrogen) atoms. The van der Waals surface area contributed by atoms with Gasteiger partial charge in [0, 0.05) is 17.9 Å². The quantitative estimate of drug-likeness (QED) is 0.639. The summed E-state index contributed by atoms with van der Waals surface area (Å²) in [6.45, 7) is 0.491. The topological polar surface area (TPSA) is 108 Å². The lowest BCUT2D eigenvalue weighted by Crippen LogP contribution is -2.42. The molecule has 0 heterocycles. The molecule has 2 aromatic carbocycles. The third-order valence-corrected chi connectivity index (χ3v) is 5.81. The molecule has 2 aromatic rings. The largest absolute Gasteiger partial charge is 0.512 e. The summed E-state index contributed by atoms with van der Waals surface area (Å²) in [6.07, 6.45) is 0. The molecule has 13 heteroatoms. The molecular weight excluding hydrogens is 415 g/mol. The number of halogens is 3. The molecule has 0 radical (unpaired) electrons. The minimum Gasteiger partial charge on any atom is -0.491 e. The smallest absolute Gasteiger partial charge is 0.491 e. The number of nitrogens with one attached hydrogen (secondary N) is 1. The van der Waals surface area contributed by atoms with Crippen LogP contribution in [-0.2, 0) is 25.1 Å². The molecule has 1 N–H and O–H groups in total. The van der Waals surface area contributed by atoms with Crippen LogP contribution in [0.4, 0.5) is 13.2 Å². The van der Waals surface area contributed by atoms with Gasteiger partial charge < -0.3 is 13.7 Å². The Hall–Kier alpha value is -2.09. The Kier molecular flexibility index (Phi) is 6.19. The second-order valence-electron chi connectivity index (χ2n) is 5.02. The summed E-state index contributed by atoms with van der Waals surface area (Å²) in [7, 11) is -10.00. The van der Waals surface area contributed by atoms with Crippen molar-refractivity contribution in [2.45, 2.75) is 5.51 Å². The van der Waals surface area contributed by atoms with Crippen molar-refractivity contribution < 1.29 is 43.7 Å². The number of fused-ring (bicyclic) bond motifs is 1. The minimum atomic E-state index is -6.15. The van der Waals surface area contributed by atoms with Gasteiger partial charge in [-0.3, -0.25) is 0 Å². The molecule has 0 bridgehead atoms. The van der Waals surface area contributed by atoms with Crippen molar-refractivity contribution in [3.8, 4) is 11.5 Å². The predicted octanol–water partition coefficient (Wildman–Crippen LogP) is 1.93. The fourth-order valence-corrected chi connectivity index (χ4v) is 3.96. The van der Waals surface area contributed by atoms with E-state index in [9.17, 15) is 30.0 Å². The van der Waals surface area contributed by atoms with E-state index in [0.29, 0.717) is 21.9 Å². The molecule has 0 amide bonds. The lowest BCUT2D eigenvalue weighted by Gasteiger charge is -2.14. The van der Waals surface area contributed by atoms with E-state index in [1.807, 2.05) is 0 Å². The van der Waals surface area contributed by atoms with Crippen LogP contribution in [-0.4, -0.2) is 42.7 Å². The van der Waals surface area contributed by atoms with Crippen LogP contribution in [0.2, 0.25) is 0 Å². The molecule has 0 saturated heterocycles. The Morgan fingerprint density at radius 3 is 2.04 bits per heavy atom. The van der Waals surface area contributed by atoms with E-state index in [1.54, 1.807) is 12.1 Å². The first-order chi connectivity index (χ1) is 12.5. The van der Waals surface area contributed by atoms with E-state index in [2.05, 4.69) is 4.18 Å². The Morgan fingerprint density at radius 1 is 0.926 bits per heavy atom. The maximum Gasteiger partial charge on any atom is 0.512 e. The van der Waals surface area contributed by atoms with Crippen molar-refractivity contribution in [2.24, 2.45) is 0 Å². The van der Waals surface area contributed by atoms with Gasteiger partial charge >= 0.3 is 25.8 Å². The Labute approximate surface area is 153 Å². The SMILES string of the molecule is COCCOc1ccc(OS(=O)(=O)NS(=O)(=O)C(F)(F)F)c2ccccc12. The molecule has 0 fully saturated rings. The number of benzene rings is 2. The first kappa shape index (κ1) is 21.2. The number of alkyl halides is 3. The molecule has 0 aliphatic rings. The zero-order chi connectivity index (χ0) is 20.3. The van der Waals surface area contributed by atoms with Gasteiger partial charge in [0.1, 0.15) is 12.4 Å². The van der Waals surface area contributed by atoms with Gasteiger partial charge in [0.2, 0.25) is 0 Å². The number of hydrogen-bond acceptors (Lipinski definition) is 7. The van der Waals surface area contributed by atoms with Gasteiger partial charge in [-0.05, 0) is 12.1 Å². The molecule has 0 aliphatic carbocycles. The van der Waals surface area contributed by atoms with Crippen LogP contribution in [0, 0.1) is 0 Å². The van der Waals surface area contributed by atoms with E-state index < -0.39 is 25.8 Å². The number of methoxy groups -OCH3 is 1. The molecule has 150 valence electrons. The average molecular weight is 429 g/mol. The van der Waals surface area contributed by atoms with Gasteiger partial charge in [0.25, 0.3) is 0 Å². The van der Waals surface area contributed by atoms with Gasteiger partial charge in [0.15, 0.2) is 5.75 Å². The summed E-state index contributed by atoms with van der Waals surface area (Å²) in [5, 5.41) is 0.585. The third kappa shape index (κ3) is 5.22. The van der Waals surface area contributed by atoms with Crippen molar-refractivity contribution in [3.63, 3.8) is 0 Å². The van der Waals surface area contributed by atoms with Crippen LogP contribution in [0.1, 0.15) is 0 Å². The zero-order valence-corrected chi connectivity index (χ0v) is 15.3. The fraction of sp³-hybridized carbons (Fsp3) is 0.286. The number of hydrogen-bond donors (Lipinski definition) is 1. The average Bonchev–Trinajstić information content (AvgIpc) is 2.54. The van der Waals surface area contributed by atoms with Crippen LogP contribution < -0.4 is 13.0 Å². The second kappa shape index (κ2) is 7.88. The van der Waals surface area contributed by atoms with Gasteiger partial charge in [-0.2, -0.15) is 21.6 Å². The van der Waals surface area contributed by atoms with Crippen molar-refractivity contribution in [1.82, 2.24) is 4.13 Å². The van der Waals surface area contributed by atoms with E-state index in [-0.39, 0.29) is 17.7 Å². The van der Waals surface area contributed by atoms with Gasteiger partial charge in [0.05, 0.1) is 6.61 Å². The van der Waals surface area contributed by atoms with E-state index in [0.717, 1.165) is 6.07 Å². The van der Waals surface area contributed by atoms with E-state index >= 15 is 0 Å². The standard InChI is InChI=1S/C14H14F3NO7S2/c1-23-8-9-24-12-6-7-13(11-5-3-2-4-10(11)12)25-27(21,22)18-26(19,20)14(15,16)17/h2-7,18H,8-9H2,1H3. The molecule has 0 unspecified atom stereocenters. The fourth-order valence-electron chi connectivity index (χ4n) is 1.99. The lowest BCUT2D eigenvalue weighted by atomic mass is 10.1. The molecule has 0 atom stereocenters. The number of sulfonamides is 1. The Balaban J connectivity index is 2.36. The highest BCUT2D eigenvalue weighted by molar-refractivity contribution is 8.03. The van der Waals surface area contributed by atoms with Crippen LogP contribution in [0.3, 0.4) is 0 Å². The molecule has 0 saturated carbocycles. The number of rotatable bonds is 8. The van der Waals surface area contributed by atoms with Crippen molar-refractivity contribution >= 4 is 31.1 Å². The third-order valence-electron chi connectivity index (χ3n) is 3.11. The molecular formula is C14H14F3NO7S2. The first-order valence-electron chi connectivity index (χ1n) is 7.14. The normalized spacial score (nSPS) is 12.9. The van der Waals surface area contributed by atoms with Crippen molar-refractivity contribution in [3.05, 3.63) is 36.4 Å². The Morgan fingerprint density at radius 2 is 1.48 bits per heavy atom. The van der Waals surface area contributed by atoms with Crippen molar-refractivity contribution in [2.75, 3.05) is 20.3 Å². The second-order valence-corrected chi connectivity index (χ2v) is 8.23. The molecule has 8 nitrogen and oxygen atoms in total. The molecule has 2 rings (SSSR count). The monoisotopic (exact) mass is 429 g/mol. The first-order valence-corrected chi connectivity index (χ1v) is 10.0. The summed E-state index contributed by atoms with van der Waals surface area (Å²) in [5.41, 5.74) is -5.81. The van der Waals surface area contributed by atoms with Gasteiger partial charge in [-0.25, -0.2) is 8.42 Å². The maximum atomic E-state index is 12.4. The molecule has 0 spiro atoms. The minimum absolute atomic E-state index is 0.183. The maximum absolute atomic E-state index is 12.4. The van der Waals surface area contributed by atoms with Crippen LogP contribution in [0.15, 0.2) is 36.4 Å². The van der Waals surface area contributed by atoms with Gasteiger partial charge in [-0.1, -0.05) is 28.4 Å². The highest BCUT2D eigenvalue weighted by atomic mass is 32.3. The molecule has 0 aliphatic heterocycles. The summed E-state index contributed by atoms with van der Waals surface area (Å²) in [6, 6.07) is 8.61. The lowest BCUT2D eigenvalue weighted by molar-refractivity contribution is -0.0442. The van der Waals surface area contributed by atoms with Gasteiger partial charge in [-0.15, -0.1) is 0 Å². The zero-order valence-electron chi connectivity index (χ0n) is 13.7. The van der Waals surface area contributed by atoms with E-state index in [1.165, 1.54) is 25.3 Å². The summed E-state index contributed by atoms with van der Waals surface area (Å²) in [4.78, 5) is 0. The number of ether oxygens (including phenoxy) is 2.